The maximum atomic E-state index is 11.5. The molecule has 3 aliphatic rings. The fourth-order valence-electron chi connectivity index (χ4n) is 4.30. The van der Waals surface area contributed by atoms with Gasteiger partial charge in [0, 0.05) is 39.4 Å². The number of halogens is 1. The molecule has 0 bridgehead atoms. The van der Waals surface area contributed by atoms with Crippen molar-refractivity contribution in [2.24, 2.45) is 7.05 Å². The smallest absolute Gasteiger partial charge is 0.129 e. The zero-order valence-electron chi connectivity index (χ0n) is 18.0. The predicted molar refractivity (Wildman–Crippen MR) is 126 cm³/mol. The van der Waals surface area contributed by atoms with Crippen LogP contribution in [0.4, 0.5) is 0 Å². The summed E-state index contributed by atoms with van der Waals surface area (Å²) in [5.41, 5.74) is 3.76. The standard InChI is InChI=1S/C20H20ClN3O.C4H10N2/c1-20(25,19-11-22-12-24(19)2)17-7-13-5-3-4-6-14(13)8-18-16(17)9-15(21)10-23-18;1-2-6-4-3-5-1/h3-7,9-12,18,23,25H,8H2,1-2H3;5-6H,1-4H2. The molecule has 4 N–H and O–H groups in total. The molecule has 0 spiro atoms. The SMILES string of the molecule is C1CNCCN1.Cn1cncc1C(C)(O)C1=Cc2ccccc2CC2NC=C(Cl)C=C12. The molecule has 1 aliphatic carbocycles. The second-order valence-corrected chi connectivity index (χ2v) is 8.71. The first-order valence-corrected chi connectivity index (χ1v) is 11.1. The van der Waals surface area contributed by atoms with Crippen molar-refractivity contribution in [2.75, 3.05) is 26.2 Å². The second kappa shape index (κ2) is 9.40. The van der Waals surface area contributed by atoms with Gasteiger partial charge < -0.3 is 25.6 Å². The van der Waals surface area contributed by atoms with Crippen molar-refractivity contribution >= 4 is 17.7 Å². The molecule has 164 valence electrons. The summed E-state index contributed by atoms with van der Waals surface area (Å²) in [5, 5.41) is 21.9. The first-order valence-electron chi connectivity index (χ1n) is 10.7. The lowest BCUT2D eigenvalue weighted by molar-refractivity contribution is 0.0920. The third-order valence-corrected chi connectivity index (χ3v) is 6.20. The summed E-state index contributed by atoms with van der Waals surface area (Å²) in [5.74, 6) is 0. The third-order valence-electron chi connectivity index (χ3n) is 5.98. The first kappa shape index (κ1) is 21.8. The van der Waals surface area contributed by atoms with E-state index in [4.69, 9.17) is 11.6 Å². The van der Waals surface area contributed by atoms with E-state index < -0.39 is 5.60 Å². The molecule has 7 heteroatoms. The molecule has 1 aromatic carbocycles. The molecule has 2 aliphatic heterocycles. The Kier molecular flexibility index (Phi) is 6.62. The summed E-state index contributed by atoms with van der Waals surface area (Å²) in [6.07, 6.45) is 10.1. The van der Waals surface area contributed by atoms with E-state index in [-0.39, 0.29) is 6.04 Å². The van der Waals surface area contributed by atoms with Gasteiger partial charge in [0.15, 0.2) is 0 Å². The average molecular weight is 440 g/mol. The summed E-state index contributed by atoms with van der Waals surface area (Å²) in [6, 6.07) is 8.35. The molecule has 6 nitrogen and oxygen atoms in total. The van der Waals surface area contributed by atoms with Gasteiger partial charge in [0.05, 0.1) is 29.3 Å². The van der Waals surface area contributed by atoms with E-state index >= 15 is 0 Å². The number of hydrogen-bond donors (Lipinski definition) is 4. The van der Waals surface area contributed by atoms with Gasteiger partial charge in [-0.3, -0.25) is 0 Å². The van der Waals surface area contributed by atoms with E-state index in [0.717, 1.165) is 55.0 Å². The Balaban J connectivity index is 0.000000334. The molecule has 2 unspecified atom stereocenters. The number of rotatable bonds is 2. The van der Waals surface area contributed by atoms with Crippen molar-refractivity contribution < 1.29 is 5.11 Å². The number of aromatic nitrogens is 2. The van der Waals surface area contributed by atoms with Gasteiger partial charge in [-0.2, -0.15) is 0 Å². The van der Waals surface area contributed by atoms with Gasteiger partial charge in [-0.25, -0.2) is 4.98 Å². The lowest BCUT2D eigenvalue weighted by Gasteiger charge is -2.33. The predicted octanol–water partition coefficient (Wildman–Crippen LogP) is 2.42. The van der Waals surface area contributed by atoms with Crippen LogP contribution in [0.3, 0.4) is 0 Å². The zero-order chi connectivity index (χ0) is 21.8. The number of imidazole rings is 1. The number of hydrogen-bond acceptors (Lipinski definition) is 5. The third kappa shape index (κ3) is 4.77. The molecule has 0 saturated carbocycles. The largest absolute Gasteiger partial charge is 0.383 e. The summed E-state index contributed by atoms with van der Waals surface area (Å²) in [4.78, 5) is 4.17. The highest BCUT2D eigenvalue weighted by Gasteiger charge is 2.37. The zero-order valence-corrected chi connectivity index (χ0v) is 18.8. The van der Waals surface area contributed by atoms with E-state index in [0.29, 0.717) is 5.03 Å². The molecular weight excluding hydrogens is 410 g/mol. The fourth-order valence-corrected chi connectivity index (χ4v) is 4.48. The van der Waals surface area contributed by atoms with Gasteiger partial charge in [0.25, 0.3) is 0 Å². The van der Waals surface area contributed by atoms with Crippen LogP contribution in [-0.4, -0.2) is 46.9 Å². The number of benzene rings is 1. The van der Waals surface area contributed by atoms with Gasteiger partial charge in [-0.15, -0.1) is 0 Å². The molecule has 5 rings (SSSR count). The van der Waals surface area contributed by atoms with Gasteiger partial charge in [-0.05, 0) is 47.8 Å². The maximum Gasteiger partial charge on any atom is 0.129 e. The van der Waals surface area contributed by atoms with E-state index in [1.54, 1.807) is 12.5 Å². The Hall–Kier alpha value is -2.38. The fraction of sp³-hybridized carbons (Fsp3) is 0.375. The Bertz CT molecular complexity index is 1000. The lowest BCUT2D eigenvalue weighted by Crippen LogP contribution is -2.39. The van der Waals surface area contributed by atoms with Crippen LogP contribution < -0.4 is 16.0 Å². The highest BCUT2D eigenvalue weighted by Crippen LogP contribution is 2.40. The monoisotopic (exact) mass is 439 g/mol. The van der Waals surface area contributed by atoms with Crippen LogP contribution in [0.5, 0.6) is 0 Å². The summed E-state index contributed by atoms with van der Waals surface area (Å²) >= 11 is 6.27. The minimum atomic E-state index is -1.19. The minimum Gasteiger partial charge on any atom is -0.383 e. The van der Waals surface area contributed by atoms with Crippen molar-refractivity contribution in [2.45, 2.75) is 25.0 Å². The van der Waals surface area contributed by atoms with Crippen LogP contribution in [0, 0.1) is 0 Å². The Morgan fingerprint density at radius 1 is 1.13 bits per heavy atom. The molecule has 3 heterocycles. The molecule has 1 aromatic heterocycles. The van der Waals surface area contributed by atoms with E-state index in [9.17, 15) is 5.11 Å². The Morgan fingerprint density at radius 3 is 2.48 bits per heavy atom. The number of nitrogens with one attached hydrogen (secondary N) is 3. The van der Waals surface area contributed by atoms with E-state index in [2.05, 4.69) is 39.1 Å². The number of allylic oxidation sites excluding steroid dienone is 2. The van der Waals surface area contributed by atoms with Gasteiger partial charge in [0.2, 0.25) is 0 Å². The molecule has 1 fully saturated rings. The van der Waals surface area contributed by atoms with Crippen LogP contribution in [0.2, 0.25) is 0 Å². The van der Waals surface area contributed by atoms with Crippen molar-refractivity contribution in [3.8, 4) is 0 Å². The van der Waals surface area contributed by atoms with Gasteiger partial charge in [0.1, 0.15) is 5.60 Å². The van der Waals surface area contributed by atoms with Crippen LogP contribution >= 0.6 is 11.6 Å². The molecular formula is C24H30ClN5O. The Labute approximate surface area is 188 Å². The number of dihydropyridines is 1. The molecule has 1 saturated heterocycles. The van der Waals surface area contributed by atoms with Crippen molar-refractivity contribution in [1.82, 2.24) is 25.5 Å². The topological polar surface area (TPSA) is 74.1 Å². The molecule has 2 aromatic rings. The van der Waals surface area contributed by atoms with Gasteiger partial charge in [-0.1, -0.05) is 35.9 Å². The van der Waals surface area contributed by atoms with Crippen LogP contribution in [0.1, 0.15) is 23.7 Å². The molecule has 0 amide bonds. The Morgan fingerprint density at radius 2 is 1.84 bits per heavy atom. The lowest BCUT2D eigenvalue weighted by atomic mass is 9.82. The quantitative estimate of drug-likeness (QED) is 0.578. The molecule has 31 heavy (non-hydrogen) atoms. The highest BCUT2D eigenvalue weighted by atomic mass is 35.5. The van der Waals surface area contributed by atoms with Crippen LogP contribution in [-0.2, 0) is 19.1 Å². The second-order valence-electron chi connectivity index (χ2n) is 8.27. The van der Waals surface area contributed by atoms with Crippen molar-refractivity contribution in [3.05, 3.63) is 82.1 Å². The van der Waals surface area contributed by atoms with E-state index in [1.807, 2.05) is 42.9 Å². The summed E-state index contributed by atoms with van der Waals surface area (Å²) < 4.78 is 1.85. The van der Waals surface area contributed by atoms with Gasteiger partial charge >= 0.3 is 0 Å². The first-order chi connectivity index (χ1) is 15.0. The average Bonchev–Trinajstić information content (AvgIpc) is 3.15. The van der Waals surface area contributed by atoms with Crippen molar-refractivity contribution in [3.63, 3.8) is 0 Å². The summed E-state index contributed by atoms with van der Waals surface area (Å²) in [6.45, 7) is 6.37. The number of fused-ring (bicyclic) bond motifs is 2. The maximum absolute atomic E-state index is 11.5. The van der Waals surface area contributed by atoms with Crippen LogP contribution in [0.25, 0.3) is 6.08 Å². The molecule has 0 radical (unpaired) electrons. The number of piperazine rings is 1. The molecule has 2 atom stereocenters. The number of nitrogens with zero attached hydrogens (tertiary/aromatic N) is 2. The number of aliphatic hydroxyl groups is 1. The number of aryl methyl sites for hydroxylation is 1. The van der Waals surface area contributed by atoms with Crippen LogP contribution in [0.15, 0.2) is 65.2 Å². The minimum absolute atomic E-state index is 0.0668. The van der Waals surface area contributed by atoms with E-state index in [1.165, 1.54) is 5.56 Å². The van der Waals surface area contributed by atoms with Crippen molar-refractivity contribution in [1.29, 1.82) is 0 Å². The highest BCUT2D eigenvalue weighted by molar-refractivity contribution is 6.31. The summed E-state index contributed by atoms with van der Waals surface area (Å²) in [7, 11) is 1.89. The normalized spacial score (nSPS) is 22.1.